The molecule has 0 amide bonds. The first-order valence-corrected chi connectivity index (χ1v) is 26.3. The molecule has 1 aromatic heterocycles. The van der Waals surface area contributed by atoms with Gasteiger partial charge in [0.2, 0.25) is 0 Å². The van der Waals surface area contributed by atoms with Gasteiger partial charge in [-0.3, -0.25) is 0 Å². The normalized spacial score (nSPS) is 13.6. The third-order valence-corrected chi connectivity index (χ3v) is 16.3. The maximum absolute atomic E-state index is 4.40. The number of rotatable bonds is 10. The van der Waals surface area contributed by atoms with Crippen molar-refractivity contribution in [2.45, 2.75) is 45.4 Å². The van der Waals surface area contributed by atoms with Crippen LogP contribution >= 0.6 is 0 Å². The molecule has 11 aromatic rings. The lowest BCUT2D eigenvalue weighted by molar-refractivity contribution is 0.660. The van der Waals surface area contributed by atoms with Crippen molar-refractivity contribution in [1.29, 1.82) is 0 Å². The SMILES string of the molecule is C=Cc1c(/C=C\C)n(-c2cccc3c2-c2ccccc2C3(C)C)c2ccc(-c3cccc(-c4cccc(N(c5ccc(-c6ccccc6)cc5)c5ccc6c(c5)C(C)(C)c5cc(-c7ccccc7)ccc5-6)c4)c3)cc12. The van der Waals surface area contributed by atoms with Crippen LogP contribution < -0.4 is 4.90 Å². The summed E-state index contributed by atoms with van der Waals surface area (Å²) < 4.78 is 2.46. The zero-order valence-electron chi connectivity index (χ0n) is 43.3. The average Bonchev–Trinajstić information content (AvgIpc) is 4.08. The number of allylic oxidation sites excluding steroid dienone is 1. The van der Waals surface area contributed by atoms with Crippen LogP contribution in [0.15, 0.2) is 243 Å². The van der Waals surface area contributed by atoms with Crippen LogP contribution in [0.3, 0.4) is 0 Å². The second kappa shape index (κ2) is 17.9. The predicted molar refractivity (Wildman–Crippen MR) is 320 cm³/mol. The molecule has 0 N–H and O–H groups in total. The van der Waals surface area contributed by atoms with Crippen molar-refractivity contribution in [2.75, 3.05) is 4.90 Å². The number of nitrogens with zero attached hydrogens (tertiary/aromatic N) is 2. The van der Waals surface area contributed by atoms with Crippen molar-refractivity contribution in [2.24, 2.45) is 0 Å². The molecular weight excluding hydrogens is 905 g/mol. The Balaban J connectivity index is 0.896. The molecule has 0 fully saturated rings. The lowest BCUT2D eigenvalue weighted by Gasteiger charge is -2.28. The van der Waals surface area contributed by atoms with E-state index in [4.69, 9.17) is 0 Å². The Morgan fingerprint density at radius 1 is 0.400 bits per heavy atom. The molecule has 75 heavy (non-hydrogen) atoms. The maximum atomic E-state index is 4.40. The van der Waals surface area contributed by atoms with Gasteiger partial charge in [0.25, 0.3) is 0 Å². The molecular formula is C73H58N2. The van der Waals surface area contributed by atoms with Crippen LogP contribution in [0.2, 0.25) is 0 Å². The Hall–Kier alpha value is -8.98. The van der Waals surface area contributed by atoms with Gasteiger partial charge in [-0.2, -0.15) is 0 Å². The Morgan fingerprint density at radius 3 is 1.63 bits per heavy atom. The first kappa shape index (κ1) is 45.9. The minimum atomic E-state index is -0.200. The molecule has 0 unspecified atom stereocenters. The van der Waals surface area contributed by atoms with E-state index in [1.807, 2.05) is 6.08 Å². The van der Waals surface area contributed by atoms with Gasteiger partial charge in [-0.15, -0.1) is 0 Å². The van der Waals surface area contributed by atoms with Crippen molar-refractivity contribution in [3.8, 4) is 72.4 Å². The highest BCUT2D eigenvalue weighted by atomic mass is 15.1. The Kier molecular flexibility index (Phi) is 10.9. The van der Waals surface area contributed by atoms with Crippen molar-refractivity contribution in [3.05, 3.63) is 277 Å². The van der Waals surface area contributed by atoms with Gasteiger partial charge in [0, 0.05) is 44.4 Å². The zero-order valence-corrected chi connectivity index (χ0v) is 43.3. The van der Waals surface area contributed by atoms with Crippen molar-refractivity contribution >= 4 is 40.1 Å². The topological polar surface area (TPSA) is 8.17 Å². The quantitative estimate of drug-likeness (QED) is 0.133. The summed E-state index contributed by atoms with van der Waals surface area (Å²) in [5, 5.41) is 1.18. The van der Waals surface area contributed by atoms with Crippen molar-refractivity contribution in [1.82, 2.24) is 4.57 Å². The monoisotopic (exact) mass is 962 g/mol. The van der Waals surface area contributed by atoms with Crippen LogP contribution in [0, 0.1) is 0 Å². The minimum absolute atomic E-state index is 0.0999. The Bertz CT molecular complexity index is 4070. The van der Waals surface area contributed by atoms with Gasteiger partial charge in [0.15, 0.2) is 0 Å². The summed E-state index contributed by atoms with van der Waals surface area (Å²) >= 11 is 0. The maximum Gasteiger partial charge on any atom is 0.0543 e. The lowest BCUT2D eigenvalue weighted by Crippen LogP contribution is -2.16. The summed E-state index contributed by atoms with van der Waals surface area (Å²) in [5.74, 6) is 0. The van der Waals surface area contributed by atoms with Gasteiger partial charge < -0.3 is 9.47 Å². The molecule has 360 valence electrons. The fraction of sp³-hybridized carbons (Fsp3) is 0.0959. The van der Waals surface area contributed by atoms with E-state index in [9.17, 15) is 0 Å². The molecule has 2 heteroatoms. The van der Waals surface area contributed by atoms with E-state index in [0.29, 0.717) is 0 Å². The summed E-state index contributed by atoms with van der Waals surface area (Å²) in [6.07, 6.45) is 6.41. The molecule has 0 atom stereocenters. The molecule has 0 aliphatic heterocycles. The molecule has 10 aromatic carbocycles. The van der Waals surface area contributed by atoms with E-state index in [-0.39, 0.29) is 10.8 Å². The van der Waals surface area contributed by atoms with E-state index in [2.05, 4.69) is 293 Å². The van der Waals surface area contributed by atoms with E-state index >= 15 is 0 Å². The summed E-state index contributed by atoms with van der Waals surface area (Å²) in [6.45, 7) is 16.0. The second-order valence-electron chi connectivity index (χ2n) is 21.3. The number of anilines is 3. The van der Waals surface area contributed by atoms with Crippen molar-refractivity contribution < 1.29 is 0 Å². The predicted octanol–water partition coefficient (Wildman–Crippen LogP) is 20.1. The number of aromatic nitrogens is 1. The number of benzene rings is 10. The second-order valence-corrected chi connectivity index (χ2v) is 21.3. The van der Waals surface area contributed by atoms with E-state index in [1.54, 1.807) is 0 Å². The van der Waals surface area contributed by atoms with E-state index < -0.39 is 0 Å². The largest absolute Gasteiger partial charge is 0.310 e. The fourth-order valence-corrected chi connectivity index (χ4v) is 12.5. The van der Waals surface area contributed by atoms with Gasteiger partial charge in [-0.25, -0.2) is 0 Å². The molecule has 13 rings (SSSR count). The molecule has 0 bridgehead atoms. The summed E-state index contributed by atoms with van der Waals surface area (Å²) in [6, 6.07) is 85.3. The smallest absolute Gasteiger partial charge is 0.0543 e. The highest BCUT2D eigenvalue weighted by Gasteiger charge is 2.38. The molecule has 1 heterocycles. The van der Waals surface area contributed by atoms with Crippen LogP contribution in [0.5, 0.6) is 0 Å². The third kappa shape index (κ3) is 7.46. The van der Waals surface area contributed by atoms with Gasteiger partial charge >= 0.3 is 0 Å². The highest BCUT2D eigenvalue weighted by Crippen LogP contribution is 2.54. The van der Waals surface area contributed by atoms with Crippen LogP contribution in [0.1, 0.15) is 68.1 Å². The first-order valence-electron chi connectivity index (χ1n) is 26.3. The van der Waals surface area contributed by atoms with Crippen LogP contribution in [-0.2, 0) is 10.8 Å². The molecule has 0 saturated heterocycles. The van der Waals surface area contributed by atoms with Gasteiger partial charge in [-0.1, -0.05) is 210 Å². The molecule has 0 radical (unpaired) electrons. The van der Waals surface area contributed by atoms with Crippen LogP contribution in [0.25, 0.3) is 95.5 Å². The standard InChI is InChI=1S/C73H58N2/c1-7-20-68-59(8-2)63-45-54(36-42-69(63)75(68)70-32-19-31-65-71(70)62-29-15-16-30-64(62)72(65,3)4)52-26-17-25-51(43-52)53-27-18-28-57(44-53)74(56-37-33-50(34-38-56)48-21-11-9-12-22-48)58-39-41-61-60-40-35-55(49-23-13-10-14-24-49)46-66(60)73(5,6)67(61)47-58/h7-47H,2H2,1,3-6H3/b20-7-. The average molecular weight is 963 g/mol. The molecule has 0 saturated carbocycles. The molecule has 0 spiro atoms. The third-order valence-electron chi connectivity index (χ3n) is 16.3. The number of fused-ring (bicyclic) bond motifs is 7. The fourth-order valence-electron chi connectivity index (χ4n) is 12.5. The molecule has 2 aliphatic carbocycles. The van der Waals surface area contributed by atoms with Crippen molar-refractivity contribution in [3.63, 3.8) is 0 Å². The summed E-state index contributed by atoms with van der Waals surface area (Å²) in [4.78, 5) is 2.43. The van der Waals surface area contributed by atoms with E-state index in [1.165, 1.54) is 77.8 Å². The zero-order chi connectivity index (χ0) is 51.0. The molecule has 2 aliphatic rings. The summed E-state index contributed by atoms with van der Waals surface area (Å²) in [7, 11) is 0. The Morgan fingerprint density at radius 2 is 0.907 bits per heavy atom. The van der Waals surface area contributed by atoms with Gasteiger partial charge in [0.05, 0.1) is 16.9 Å². The lowest BCUT2D eigenvalue weighted by atomic mass is 9.81. The number of hydrogen-bond acceptors (Lipinski definition) is 1. The summed E-state index contributed by atoms with van der Waals surface area (Å²) in [5.41, 5.74) is 27.8. The Labute approximate surface area is 441 Å². The van der Waals surface area contributed by atoms with E-state index in [0.717, 1.165) is 56.1 Å². The van der Waals surface area contributed by atoms with Gasteiger partial charge in [0.1, 0.15) is 0 Å². The molecule has 2 nitrogen and oxygen atoms in total. The first-order chi connectivity index (χ1) is 36.6. The minimum Gasteiger partial charge on any atom is -0.310 e. The van der Waals surface area contributed by atoms with Gasteiger partial charge in [-0.05, 0) is 163 Å². The highest BCUT2D eigenvalue weighted by molar-refractivity contribution is 6.00. The number of hydrogen-bond donors (Lipinski definition) is 0. The van der Waals surface area contributed by atoms with Crippen LogP contribution in [0.4, 0.5) is 17.1 Å². The van der Waals surface area contributed by atoms with Crippen LogP contribution in [-0.4, -0.2) is 4.57 Å².